The van der Waals surface area contributed by atoms with E-state index in [0.29, 0.717) is 18.0 Å². The summed E-state index contributed by atoms with van der Waals surface area (Å²) in [6.45, 7) is 0. The van der Waals surface area contributed by atoms with E-state index in [1.165, 1.54) is 0 Å². The largest absolute Gasteiger partial charge is 0.481 e. The number of carbonyl (C=O) groups is 1. The van der Waals surface area contributed by atoms with Crippen molar-refractivity contribution < 1.29 is 14.1 Å². The molecule has 4 nitrogen and oxygen atoms in total. The fourth-order valence-corrected chi connectivity index (χ4v) is 4.30. The number of carboxylic acids is 1. The van der Waals surface area contributed by atoms with Crippen molar-refractivity contribution in [3.8, 4) is 0 Å². The first-order valence-corrected chi connectivity index (χ1v) is 6.93. The van der Waals surface area contributed by atoms with Gasteiger partial charge >= 0.3 is 5.97 Å². The van der Waals surface area contributed by atoms with Crippen molar-refractivity contribution in [2.75, 3.05) is 6.26 Å². The molecule has 0 aromatic rings. The maximum Gasteiger partial charge on any atom is 0.303 e. The molecule has 0 aromatic carbocycles. The molecule has 2 saturated heterocycles. The molecule has 0 saturated carbocycles. The number of hydrogen-bond donors (Lipinski definition) is 1. The minimum atomic E-state index is -0.891. The molecular formula is C10H17NO3S. The van der Waals surface area contributed by atoms with E-state index in [-0.39, 0.29) is 6.42 Å². The Kier molecular flexibility index (Phi) is 3.11. The van der Waals surface area contributed by atoms with Gasteiger partial charge in [-0.1, -0.05) is 0 Å². The van der Waals surface area contributed by atoms with Crippen molar-refractivity contribution in [1.82, 2.24) is 4.31 Å². The lowest BCUT2D eigenvalue weighted by atomic mass is 9.90. The van der Waals surface area contributed by atoms with Crippen molar-refractivity contribution in [1.29, 1.82) is 0 Å². The van der Waals surface area contributed by atoms with Gasteiger partial charge < -0.3 is 5.11 Å². The van der Waals surface area contributed by atoms with Crippen LogP contribution in [0.5, 0.6) is 0 Å². The number of nitrogens with zero attached hydrogens (tertiary/aromatic N) is 1. The molecule has 86 valence electrons. The third-order valence-electron chi connectivity index (χ3n) is 3.52. The van der Waals surface area contributed by atoms with Crippen LogP contribution < -0.4 is 0 Å². The van der Waals surface area contributed by atoms with E-state index in [4.69, 9.17) is 5.11 Å². The molecule has 0 radical (unpaired) electrons. The Morgan fingerprint density at radius 1 is 1.40 bits per heavy atom. The average molecular weight is 231 g/mol. The van der Waals surface area contributed by atoms with E-state index < -0.39 is 17.0 Å². The van der Waals surface area contributed by atoms with Crippen LogP contribution in [-0.2, 0) is 15.8 Å². The summed E-state index contributed by atoms with van der Waals surface area (Å²) in [6.07, 6.45) is 5.98. The van der Waals surface area contributed by atoms with Crippen molar-refractivity contribution in [3.05, 3.63) is 0 Å². The van der Waals surface area contributed by atoms with Gasteiger partial charge in [-0.15, -0.1) is 0 Å². The van der Waals surface area contributed by atoms with Crippen LogP contribution in [0.4, 0.5) is 0 Å². The number of carboxylic acid groups (broad SMARTS) is 1. The fourth-order valence-electron chi connectivity index (χ4n) is 3.08. The van der Waals surface area contributed by atoms with Crippen molar-refractivity contribution in [3.63, 3.8) is 0 Å². The molecule has 0 aliphatic carbocycles. The zero-order valence-electron chi connectivity index (χ0n) is 8.89. The first-order valence-electron chi connectivity index (χ1n) is 5.41. The lowest BCUT2D eigenvalue weighted by Crippen LogP contribution is -2.43. The highest BCUT2D eigenvalue weighted by Crippen LogP contribution is 2.40. The lowest BCUT2D eigenvalue weighted by molar-refractivity contribution is -0.138. The third kappa shape index (κ3) is 2.23. The van der Waals surface area contributed by atoms with E-state index in [1.807, 2.05) is 0 Å². The molecule has 0 spiro atoms. The maximum absolute atomic E-state index is 11.5. The summed E-state index contributed by atoms with van der Waals surface area (Å²) < 4.78 is 13.6. The van der Waals surface area contributed by atoms with Crippen LogP contribution in [0.1, 0.15) is 32.1 Å². The molecule has 2 heterocycles. The van der Waals surface area contributed by atoms with Gasteiger partial charge in [-0.3, -0.25) is 4.79 Å². The highest BCUT2D eigenvalue weighted by atomic mass is 32.2. The van der Waals surface area contributed by atoms with Crippen LogP contribution in [0.15, 0.2) is 0 Å². The molecule has 2 rings (SSSR count). The summed E-state index contributed by atoms with van der Waals surface area (Å²) in [4.78, 5) is 10.6. The average Bonchev–Trinajstić information content (AvgIpc) is 2.38. The molecule has 15 heavy (non-hydrogen) atoms. The summed E-state index contributed by atoms with van der Waals surface area (Å²) in [6, 6.07) is 0.720. The molecule has 3 atom stereocenters. The number of fused-ring (bicyclic) bond motifs is 2. The smallest absolute Gasteiger partial charge is 0.303 e. The second-order valence-electron chi connectivity index (χ2n) is 4.60. The van der Waals surface area contributed by atoms with E-state index in [9.17, 15) is 9.00 Å². The number of aliphatic carboxylic acids is 1. The van der Waals surface area contributed by atoms with Crippen LogP contribution in [0.3, 0.4) is 0 Å². The van der Waals surface area contributed by atoms with Gasteiger partial charge in [0.05, 0.1) is 11.0 Å². The molecule has 3 unspecified atom stereocenters. The minimum Gasteiger partial charge on any atom is -0.481 e. The number of hydrogen-bond acceptors (Lipinski definition) is 2. The standard InChI is InChI=1S/C10H17NO3S/c1-15(14)11-8-2-3-9(11)5-7(4-8)6-10(12)13/h7-9H,2-6H2,1H3,(H,12,13). The monoisotopic (exact) mass is 231 g/mol. The fraction of sp³-hybridized carbons (Fsp3) is 0.900. The van der Waals surface area contributed by atoms with Gasteiger partial charge in [0.15, 0.2) is 0 Å². The zero-order chi connectivity index (χ0) is 11.0. The predicted octanol–water partition coefficient (Wildman–Crippen LogP) is 0.998. The first kappa shape index (κ1) is 11.1. The molecule has 2 bridgehead atoms. The molecule has 0 amide bonds. The van der Waals surface area contributed by atoms with E-state index in [1.54, 1.807) is 6.26 Å². The quantitative estimate of drug-likeness (QED) is 0.788. The summed E-state index contributed by atoms with van der Waals surface area (Å²) >= 11 is 0. The highest BCUT2D eigenvalue weighted by Gasteiger charge is 2.42. The Labute approximate surface area is 92.2 Å². The number of rotatable bonds is 3. The summed E-state index contributed by atoms with van der Waals surface area (Å²) in [5.74, 6) is -0.412. The Hall–Kier alpha value is -0.420. The first-order chi connectivity index (χ1) is 7.08. The molecule has 5 heteroatoms. The van der Waals surface area contributed by atoms with Gasteiger partial charge in [-0.2, -0.15) is 0 Å². The van der Waals surface area contributed by atoms with Crippen molar-refractivity contribution in [2.45, 2.75) is 44.2 Å². The Morgan fingerprint density at radius 2 is 1.93 bits per heavy atom. The molecule has 0 aromatic heterocycles. The van der Waals surface area contributed by atoms with Gasteiger partial charge in [0.25, 0.3) is 0 Å². The molecule has 2 aliphatic heterocycles. The zero-order valence-corrected chi connectivity index (χ0v) is 9.70. The van der Waals surface area contributed by atoms with E-state index >= 15 is 0 Å². The Morgan fingerprint density at radius 3 is 2.33 bits per heavy atom. The van der Waals surface area contributed by atoms with Gasteiger partial charge in [0.2, 0.25) is 0 Å². The van der Waals surface area contributed by atoms with Crippen molar-refractivity contribution in [2.24, 2.45) is 5.92 Å². The summed E-state index contributed by atoms with van der Waals surface area (Å²) in [5, 5.41) is 8.76. The predicted molar refractivity (Wildman–Crippen MR) is 57.7 cm³/mol. The summed E-state index contributed by atoms with van der Waals surface area (Å²) in [7, 11) is -0.891. The van der Waals surface area contributed by atoms with Gasteiger partial charge in [-0.25, -0.2) is 8.51 Å². The molecule has 2 fully saturated rings. The Balaban J connectivity index is 2.01. The van der Waals surface area contributed by atoms with Gasteiger partial charge in [0, 0.05) is 24.8 Å². The van der Waals surface area contributed by atoms with Crippen LogP contribution in [0.25, 0.3) is 0 Å². The van der Waals surface area contributed by atoms with Gasteiger partial charge in [0.1, 0.15) is 0 Å². The van der Waals surface area contributed by atoms with Crippen LogP contribution in [0, 0.1) is 5.92 Å². The van der Waals surface area contributed by atoms with Crippen LogP contribution in [-0.4, -0.2) is 37.9 Å². The Bertz CT molecular complexity index is 280. The third-order valence-corrected chi connectivity index (χ3v) is 4.71. The van der Waals surface area contributed by atoms with Crippen LogP contribution in [0.2, 0.25) is 0 Å². The highest BCUT2D eigenvalue weighted by molar-refractivity contribution is 7.81. The minimum absolute atomic E-state index is 0.275. The van der Waals surface area contributed by atoms with E-state index in [2.05, 4.69) is 4.31 Å². The molecule has 1 N–H and O–H groups in total. The second-order valence-corrected chi connectivity index (χ2v) is 5.87. The lowest BCUT2D eigenvalue weighted by Gasteiger charge is -2.36. The topological polar surface area (TPSA) is 57.6 Å². The molecule has 2 aliphatic rings. The normalized spacial score (nSPS) is 37.8. The maximum atomic E-state index is 11.5. The molecular weight excluding hydrogens is 214 g/mol. The van der Waals surface area contributed by atoms with Crippen LogP contribution >= 0.6 is 0 Å². The second kappa shape index (κ2) is 4.22. The SMILES string of the molecule is CS(=O)N1C2CCC1CC(CC(=O)O)C2. The van der Waals surface area contributed by atoms with Crippen molar-refractivity contribution >= 4 is 17.0 Å². The number of piperidine rings is 1. The van der Waals surface area contributed by atoms with E-state index in [0.717, 1.165) is 25.7 Å². The van der Waals surface area contributed by atoms with Gasteiger partial charge in [-0.05, 0) is 31.6 Å². The summed E-state index contributed by atoms with van der Waals surface area (Å²) in [5.41, 5.74) is 0.